The van der Waals surface area contributed by atoms with E-state index >= 15 is 0 Å². The molecule has 3 rings (SSSR count). The van der Waals surface area contributed by atoms with Crippen molar-refractivity contribution >= 4 is 23.2 Å². The second kappa shape index (κ2) is 4.51. The smallest absolute Gasteiger partial charge is 0.231 e. The van der Waals surface area contributed by atoms with Crippen LogP contribution in [0.15, 0.2) is 24.3 Å². The molecule has 1 aliphatic rings. The normalized spacial score (nSPS) is 12.7. The van der Waals surface area contributed by atoms with Gasteiger partial charge in [0.2, 0.25) is 6.79 Å². The Morgan fingerprint density at radius 3 is 2.58 bits per heavy atom. The van der Waals surface area contributed by atoms with Gasteiger partial charge in [0.25, 0.3) is 0 Å². The first-order chi connectivity index (χ1) is 9.13. The minimum absolute atomic E-state index is 0.223. The first kappa shape index (κ1) is 11.9. The third kappa shape index (κ3) is 2.24. The Balaban J connectivity index is 1.95. The summed E-state index contributed by atoms with van der Waals surface area (Å²) in [7, 11) is 0. The number of rotatable bonds is 2. The van der Waals surface area contributed by atoms with Crippen LogP contribution in [-0.4, -0.2) is 11.8 Å². The van der Waals surface area contributed by atoms with Gasteiger partial charge in [0.15, 0.2) is 11.5 Å². The zero-order valence-electron chi connectivity index (χ0n) is 10.0. The number of nitrogens with two attached hydrogens (primary N) is 2. The van der Waals surface area contributed by atoms with Gasteiger partial charge in [-0.15, -0.1) is 0 Å². The summed E-state index contributed by atoms with van der Waals surface area (Å²) in [5.41, 5.74) is 13.2. The lowest BCUT2D eigenvalue weighted by atomic mass is 10.0. The molecule has 0 fully saturated rings. The molecule has 0 amide bonds. The van der Waals surface area contributed by atoms with Crippen LogP contribution in [-0.2, 0) is 6.42 Å². The highest BCUT2D eigenvalue weighted by atomic mass is 35.5. The zero-order chi connectivity index (χ0) is 13.4. The van der Waals surface area contributed by atoms with E-state index in [-0.39, 0.29) is 6.79 Å². The highest BCUT2D eigenvalue weighted by Crippen LogP contribution is 2.37. The van der Waals surface area contributed by atoms with Crippen molar-refractivity contribution in [2.45, 2.75) is 6.42 Å². The van der Waals surface area contributed by atoms with Gasteiger partial charge in [0.1, 0.15) is 11.6 Å². The van der Waals surface area contributed by atoms with Gasteiger partial charge in [-0.05, 0) is 23.3 Å². The average Bonchev–Trinajstić information content (AvgIpc) is 2.80. The number of hydrogen-bond donors (Lipinski definition) is 2. The molecule has 0 radical (unpaired) electrons. The van der Waals surface area contributed by atoms with Crippen LogP contribution in [0.2, 0.25) is 5.02 Å². The second-order valence-electron chi connectivity index (χ2n) is 4.25. The molecule has 1 aromatic carbocycles. The number of pyridine rings is 1. The number of nitrogen functional groups attached to an aromatic ring is 2. The van der Waals surface area contributed by atoms with E-state index < -0.39 is 0 Å². The molecule has 0 aliphatic carbocycles. The van der Waals surface area contributed by atoms with Crippen LogP contribution in [0.5, 0.6) is 11.5 Å². The third-order valence-corrected chi connectivity index (χ3v) is 3.31. The van der Waals surface area contributed by atoms with Crippen molar-refractivity contribution in [3.05, 3.63) is 40.4 Å². The van der Waals surface area contributed by atoms with Crippen LogP contribution in [0.25, 0.3) is 0 Å². The molecule has 0 atom stereocenters. The second-order valence-corrected chi connectivity index (χ2v) is 4.66. The molecule has 4 N–H and O–H groups in total. The quantitative estimate of drug-likeness (QED) is 0.879. The maximum Gasteiger partial charge on any atom is 0.231 e. The molecule has 6 heteroatoms. The van der Waals surface area contributed by atoms with Crippen molar-refractivity contribution in [3.8, 4) is 11.5 Å². The number of fused-ring (bicyclic) bond motifs is 1. The summed E-state index contributed by atoms with van der Waals surface area (Å²) in [6.45, 7) is 0.223. The average molecular weight is 278 g/mol. The lowest BCUT2D eigenvalue weighted by molar-refractivity contribution is 0.174. The van der Waals surface area contributed by atoms with Crippen LogP contribution in [0.1, 0.15) is 11.1 Å². The summed E-state index contributed by atoms with van der Waals surface area (Å²) in [5, 5.41) is 0.612. The fraction of sp³-hybridized carbons (Fsp3) is 0.154. The molecule has 19 heavy (non-hydrogen) atoms. The lowest BCUT2D eigenvalue weighted by Crippen LogP contribution is -2.01. The van der Waals surface area contributed by atoms with E-state index in [9.17, 15) is 0 Å². The summed E-state index contributed by atoms with van der Waals surface area (Å²) in [4.78, 5) is 4.03. The molecule has 2 heterocycles. The van der Waals surface area contributed by atoms with Gasteiger partial charge in [-0.25, -0.2) is 4.98 Å². The molecule has 5 nitrogen and oxygen atoms in total. The van der Waals surface area contributed by atoms with Crippen LogP contribution < -0.4 is 20.9 Å². The first-order valence-corrected chi connectivity index (χ1v) is 6.10. The highest BCUT2D eigenvalue weighted by Gasteiger charge is 2.17. The fourth-order valence-corrected chi connectivity index (χ4v) is 2.19. The number of anilines is 2. The molecule has 2 aromatic rings. The monoisotopic (exact) mass is 277 g/mol. The van der Waals surface area contributed by atoms with E-state index in [0.717, 1.165) is 11.1 Å². The molecule has 0 unspecified atom stereocenters. The fourth-order valence-electron chi connectivity index (χ4n) is 1.97. The molecule has 0 saturated carbocycles. The van der Waals surface area contributed by atoms with Crippen LogP contribution in [0.4, 0.5) is 11.6 Å². The zero-order valence-corrected chi connectivity index (χ0v) is 10.8. The standard InChI is InChI=1S/C13H12ClN3O2/c14-9-5-11-10(18-6-19-11)4-8(9)3-7-1-2-12(15)17-13(7)16/h1-2,4-5H,3,6H2,(H4,15,16,17). The van der Waals surface area contributed by atoms with Crippen molar-refractivity contribution in [1.29, 1.82) is 0 Å². The molecular weight excluding hydrogens is 266 g/mol. The molecule has 1 aliphatic heterocycles. The summed E-state index contributed by atoms with van der Waals surface area (Å²) in [6, 6.07) is 7.17. The van der Waals surface area contributed by atoms with E-state index in [1.54, 1.807) is 12.1 Å². The Hall–Kier alpha value is -2.14. The van der Waals surface area contributed by atoms with Crippen molar-refractivity contribution < 1.29 is 9.47 Å². The first-order valence-electron chi connectivity index (χ1n) is 5.72. The van der Waals surface area contributed by atoms with E-state index in [1.807, 2.05) is 12.1 Å². The Labute approximate surface area is 115 Å². The van der Waals surface area contributed by atoms with Crippen molar-refractivity contribution in [2.24, 2.45) is 0 Å². The molecule has 0 bridgehead atoms. The maximum absolute atomic E-state index is 6.22. The summed E-state index contributed by atoms with van der Waals surface area (Å²) < 4.78 is 10.6. The largest absolute Gasteiger partial charge is 0.454 e. The van der Waals surface area contributed by atoms with Crippen molar-refractivity contribution in [2.75, 3.05) is 18.3 Å². The van der Waals surface area contributed by atoms with Gasteiger partial charge in [-0.2, -0.15) is 0 Å². The van der Waals surface area contributed by atoms with Crippen LogP contribution in [0.3, 0.4) is 0 Å². The molecule has 0 saturated heterocycles. The maximum atomic E-state index is 6.22. The molecule has 0 spiro atoms. The van der Waals surface area contributed by atoms with Crippen molar-refractivity contribution in [1.82, 2.24) is 4.98 Å². The SMILES string of the molecule is Nc1ccc(Cc2cc3c(cc2Cl)OCO3)c(N)n1. The summed E-state index contributed by atoms with van der Waals surface area (Å²) in [5.74, 6) is 2.17. The number of ether oxygens (including phenoxy) is 2. The van der Waals surface area contributed by atoms with Gasteiger partial charge < -0.3 is 20.9 Å². The predicted octanol–water partition coefficient (Wildman–Crippen LogP) is 2.22. The van der Waals surface area contributed by atoms with E-state index in [4.69, 9.17) is 32.5 Å². The van der Waals surface area contributed by atoms with Crippen molar-refractivity contribution in [3.63, 3.8) is 0 Å². The topological polar surface area (TPSA) is 83.4 Å². The van der Waals surface area contributed by atoms with E-state index in [0.29, 0.717) is 34.6 Å². The summed E-state index contributed by atoms with van der Waals surface area (Å²) in [6.07, 6.45) is 0.564. The van der Waals surface area contributed by atoms with Gasteiger partial charge in [0.05, 0.1) is 0 Å². The third-order valence-electron chi connectivity index (χ3n) is 2.96. The number of benzene rings is 1. The predicted molar refractivity (Wildman–Crippen MR) is 73.4 cm³/mol. The minimum Gasteiger partial charge on any atom is -0.454 e. The van der Waals surface area contributed by atoms with Gasteiger partial charge in [-0.3, -0.25) is 0 Å². The number of halogens is 1. The van der Waals surface area contributed by atoms with Gasteiger partial charge in [0, 0.05) is 17.5 Å². The lowest BCUT2D eigenvalue weighted by Gasteiger charge is -2.08. The minimum atomic E-state index is 0.223. The number of aromatic nitrogens is 1. The number of nitrogens with zero attached hydrogens (tertiary/aromatic N) is 1. The van der Waals surface area contributed by atoms with Crippen LogP contribution >= 0.6 is 11.6 Å². The van der Waals surface area contributed by atoms with Gasteiger partial charge in [-0.1, -0.05) is 17.7 Å². The van der Waals surface area contributed by atoms with Gasteiger partial charge >= 0.3 is 0 Å². The van der Waals surface area contributed by atoms with E-state index in [1.165, 1.54) is 0 Å². The Morgan fingerprint density at radius 1 is 1.11 bits per heavy atom. The van der Waals surface area contributed by atoms with Crippen LogP contribution in [0, 0.1) is 0 Å². The molecular formula is C13H12ClN3O2. The Morgan fingerprint density at radius 2 is 1.84 bits per heavy atom. The number of hydrogen-bond acceptors (Lipinski definition) is 5. The molecule has 98 valence electrons. The Bertz CT molecular complexity index is 646. The van der Waals surface area contributed by atoms with E-state index in [2.05, 4.69) is 4.98 Å². The summed E-state index contributed by atoms with van der Waals surface area (Å²) >= 11 is 6.22. The Kier molecular flexibility index (Phi) is 2.83. The highest BCUT2D eigenvalue weighted by molar-refractivity contribution is 6.31. The molecule has 1 aromatic heterocycles.